The summed E-state index contributed by atoms with van der Waals surface area (Å²) in [6.45, 7) is 4.50. The lowest BCUT2D eigenvalue weighted by Gasteiger charge is -2.26. The van der Waals surface area contributed by atoms with Gasteiger partial charge in [-0.05, 0) is 53.8 Å². The van der Waals surface area contributed by atoms with Gasteiger partial charge in [0.2, 0.25) is 17.7 Å². The normalized spacial score (nSPS) is 13.1. The zero-order valence-corrected chi connectivity index (χ0v) is 22.1. The van der Waals surface area contributed by atoms with E-state index in [1.807, 2.05) is 36.4 Å². The second-order valence-electron chi connectivity index (χ2n) is 10.2. The maximum atomic E-state index is 12.8. The summed E-state index contributed by atoms with van der Waals surface area (Å²) in [7, 11) is 0. The minimum atomic E-state index is -1.29. The molecule has 0 aliphatic heterocycles. The molecule has 3 aromatic rings. The van der Waals surface area contributed by atoms with E-state index in [4.69, 9.17) is 5.73 Å². The van der Waals surface area contributed by atoms with Gasteiger partial charge >= 0.3 is 6.09 Å². The van der Waals surface area contributed by atoms with Crippen LogP contribution in [0, 0.1) is 0 Å². The summed E-state index contributed by atoms with van der Waals surface area (Å²) in [6.07, 6.45) is -0.939. The largest absolute Gasteiger partial charge is 0.465 e. The van der Waals surface area contributed by atoms with Crippen molar-refractivity contribution >= 4 is 29.5 Å². The monoisotopic (exact) mass is 528 g/mol. The number of nitrogens with zero attached hydrogens (tertiary/aromatic N) is 1. The van der Waals surface area contributed by atoms with Crippen molar-refractivity contribution in [2.75, 3.05) is 11.4 Å². The van der Waals surface area contributed by atoms with E-state index < -0.39 is 35.4 Å². The van der Waals surface area contributed by atoms with Crippen LogP contribution in [-0.4, -0.2) is 47.0 Å². The Kier molecular flexibility index (Phi) is 7.71. The van der Waals surface area contributed by atoms with E-state index in [0.717, 1.165) is 22.3 Å². The first-order chi connectivity index (χ1) is 18.5. The third-order valence-corrected chi connectivity index (χ3v) is 6.99. The summed E-state index contributed by atoms with van der Waals surface area (Å²) in [6, 6.07) is 21.9. The highest BCUT2D eigenvalue weighted by Gasteiger charge is 2.32. The van der Waals surface area contributed by atoms with Gasteiger partial charge in [0, 0.05) is 31.5 Å². The zero-order valence-electron chi connectivity index (χ0n) is 22.1. The Balaban J connectivity index is 1.55. The van der Waals surface area contributed by atoms with Gasteiger partial charge in [-0.3, -0.25) is 19.3 Å². The van der Waals surface area contributed by atoms with Gasteiger partial charge in [-0.25, -0.2) is 4.79 Å². The molecular formula is C30H32N4O5. The Hall–Kier alpha value is -4.66. The van der Waals surface area contributed by atoms with Crippen molar-refractivity contribution < 1.29 is 24.3 Å². The van der Waals surface area contributed by atoms with Crippen molar-refractivity contribution in [2.45, 2.75) is 44.7 Å². The molecule has 39 heavy (non-hydrogen) atoms. The standard InChI is InChI=1S/C30H32N4O5/c1-18(35)32-26(27(36)33-30(2,3)28(31)37)16-19-12-14-20(15-13-19)34(29(38)39)17-25-23-10-6-4-8-21(23)22-9-5-7-11-24(22)25/h4-15,25-26H,16-17H2,1-3H3,(H2,31,37)(H,32,35)(H,33,36)(H,38,39). The smallest absolute Gasteiger partial charge is 0.411 e. The van der Waals surface area contributed by atoms with Crippen LogP contribution < -0.4 is 21.3 Å². The van der Waals surface area contributed by atoms with Crippen LogP contribution >= 0.6 is 0 Å². The van der Waals surface area contributed by atoms with E-state index in [9.17, 15) is 24.3 Å². The number of fused-ring (bicyclic) bond motifs is 3. The minimum Gasteiger partial charge on any atom is -0.465 e. The van der Waals surface area contributed by atoms with Gasteiger partial charge in [-0.1, -0.05) is 60.7 Å². The number of anilines is 1. The average molecular weight is 529 g/mol. The molecular weight excluding hydrogens is 496 g/mol. The molecule has 1 unspecified atom stereocenters. The number of rotatable bonds is 9. The molecule has 9 nitrogen and oxygen atoms in total. The molecule has 0 heterocycles. The SMILES string of the molecule is CC(=O)NC(Cc1ccc(N(CC2c3ccccc3-c3ccccc32)C(=O)O)cc1)C(=O)NC(C)(C)C(N)=O. The first kappa shape index (κ1) is 27.4. The molecule has 0 bridgehead atoms. The van der Waals surface area contributed by atoms with E-state index in [0.29, 0.717) is 11.3 Å². The van der Waals surface area contributed by atoms with Crippen molar-refractivity contribution in [3.8, 4) is 11.1 Å². The summed E-state index contributed by atoms with van der Waals surface area (Å²) in [4.78, 5) is 49.9. The Morgan fingerprint density at radius 2 is 1.46 bits per heavy atom. The topological polar surface area (TPSA) is 142 Å². The maximum Gasteiger partial charge on any atom is 0.411 e. The molecule has 1 aliphatic rings. The van der Waals surface area contributed by atoms with E-state index in [1.54, 1.807) is 24.3 Å². The summed E-state index contributed by atoms with van der Waals surface area (Å²) in [5.41, 5.74) is 9.65. The third kappa shape index (κ3) is 5.93. The predicted molar refractivity (Wildman–Crippen MR) is 148 cm³/mol. The summed E-state index contributed by atoms with van der Waals surface area (Å²) < 4.78 is 0. The molecule has 5 N–H and O–H groups in total. The number of amides is 4. The van der Waals surface area contributed by atoms with Crippen LogP contribution in [0.5, 0.6) is 0 Å². The summed E-state index contributed by atoms with van der Waals surface area (Å²) >= 11 is 0. The molecule has 0 saturated carbocycles. The van der Waals surface area contributed by atoms with E-state index in [1.165, 1.54) is 25.7 Å². The van der Waals surface area contributed by atoms with Crippen LogP contribution in [0.25, 0.3) is 11.1 Å². The van der Waals surface area contributed by atoms with Crippen LogP contribution in [-0.2, 0) is 20.8 Å². The van der Waals surface area contributed by atoms with Gasteiger partial charge in [-0.2, -0.15) is 0 Å². The molecule has 0 fully saturated rings. The van der Waals surface area contributed by atoms with Gasteiger partial charge in [0.1, 0.15) is 11.6 Å². The molecule has 0 spiro atoms. The van der Waals surface area contributed by atoms with Crippen LogP contribution in [0.15, 0.2) is 72.8 Å². The molecule has 0 saturated heterocycles. The van der Waals surface area contributed by atoms with Crippen molar-refractivity contribution in [3.63, 3.8) is 0 Å². The lowest BCUT2D eigenvalue weighted by atomic mass is 9.96. The number of carbonyl (C=O) groups excluding carboxylic acids is 3. The zero-order chi connectivity index (χ0) is 28.3. The predicted octanol–water partition coefficient (Wildman–Crippen LogP) is 3.41. The highest BCUT2D eigenvalue weighted by atomic mass is 16.4. The Morgan fingerprint density at radius 3 is 1.95 bits per heavy atom. The molecule has 4 amide bonds. The number of nitrogens with two attached hydrogens (primary N) is 1. The molecule has 9 heteroatoms. The first-order valence-electron chi connectivity index (χ1n) is 12.6. The second kappa shape index (κ2) is 11.0. The van der Waals surface area contributed by atoms with Crippen molar-refractivity contribution in [1.82, 2.24) is 10.6 Å². The molecule has 0 aromatic heterocycles. The van der Waals surface area contributed by atoms with E-state index >= 15 is 0 Å². The number of carboxylic acid groups (broad SMARTS) is 1. The fourth-order valence-corrected chi connectivity index (χ4v) is 4.89. The number of nitrogens with one attached hydrogen (secondary N) is 2. The third-order valence-electron chi connectivity index (χ3n) is 6.99. The van der Waals surface area contributed by atoms with E-state index in [-0.39, 0.29) is 18.9 Å². The maximum absolute atomic E-state index is 12.8. The molecule has 1 atom stereocenters. The molecule has 0 radical (unpaired) electrons. The molecule has 1 aliphatic carbocycles. The van der Waals surface area contributed by atoms with Crippen molar-refractivity contribution in [2.24, 2.45) is 5.73 Å². The lowest BCUT2D eigenvalue weighted by molar-refractivity contribution is -0.133. The molecule has 3 aromatic carbocycles. The van der Waals surface area contributed by atoms with Gasteiger partial charge in [0.25, 0.3) is 0 Å². The Morgan fingerprint density at radius 1 is 0.923 bits per heavy atom. The van der Waals surface area contributed by atoms with Gasteiger partial charge in [0.15, 0.2) is 0 Å². The number of hydrogen-bond donors (Lipinski definition) is 4. The van der Waals surface area contributed by atoms with Crippen molar-refractivity contribution in [3.05, 3.63) is 89.5 Å². The second-order valence-corrected chi connectivity index (χ2v) is 10.2. The van der Waals surface area contributed by atoms with Gasteiger partial charge in [-0.15, -0.1) is 0 Å². The number of benzene rings is 3. The van der Waals surface area contributed by atoms with Crippen LogP contribution in [0.3, 0.4) is 0 Å². The average Bonchev–Trinajstić information content (AvgIpc) is 3.20. The van der Waals surface area contributed by atoms with Crippen LogP contribution in [0.2, 0.25) is 0 Å². The van der Waals surface area contributed by atoms with Crippen LogP contribution in [0.4, 0.5) is 10.5 Å². The quantitative estimate of drug-likeness (QED) is 0.337. The number of hydrogen-bond acceptors (Lipinski definition) is 4. The molecule has 4 rings (SSSR count). The van der Waals surface area contributed by atoms with Crippen LogP contribution in [0.1, 0.15) is 43.4 Å². The van der Waals surface area contributed by atoms with Crippen molar-refractivity contribution in [1.29, 1.82) is 0 Å². The fraction of sp³-hybridized carbons (Fsp3) is 0.267. The highest BCUT2D eigenvalue weighted by Crippen LogP contribution is 2.45. The summed E-state index contributed by atoms with van der Waals surface area (Å²) in [5.74, 6) is -1.78. The first-order valence-corrected chi connectivity index (χ1v) is 12.6. The molecule has 202 valence electrons. The Bertz CT molecular complexity index is 1370. The fourth-order valence-electron chi connectivity index (χ4n) is 4.89. The lowest BCUT2D eigenvalue weighted by Crippen LogP contribution is -2.58. The summed E-state index contributed by atoms with van der Waals surface area (Å²) in [5, 5.41) is 15.3. The van der Waals surface area contributed by atoms with E-state index in [2.05, 4.69) is 22.8 Å². The highest BCUT2D eigenvalue weighted by molar-refractivity contribution is 5.93. The number of primary amides is 1. The van der Waals surface area contributed by atoms with Gasteiger partial charge < -0.3 is 21.5 Å². The van der Waals surface area contributed by atoms with Gasteiger partial charge in [0.05, 0.1) is 0 Å². The number of carbonyl (C=O) groups is 4. The Labute approximate surface area is 227 Å². The minimum absolute atomic E-state index is 0.116.